The lowest BCUT2D eigenvalue weighted by atomic mass is 10.1. The van der Waals surface area contributed by atoms with E-state index in [0.717, 1.165) is 5.56 Å². The van der Waals surface area contributed by atoms with Crippen LogP contribution < -0.4 is 11.1 Å². The van der Waals surface area contributed by atoms with E-state index in [1.54, 1.807) is 26.0 Å². The van der Waals surface area contributed by atoms with Crippen molar-refractivity contribution in [1.29, 1.82) is 0 Å². The number of carbonyl (C=O) groups is 1. The van der Waals surface area contributed by atoms with E-state index >= 15 is 0 Å². The molecule has 0 aromatic heterocycles. The van der Waals surface area contributed by atoms with Gasteiger partial charge in [-0.3, -0.25) is 4.79 Å². The van der Waals surface area contributed by atoms with Crippen LogP contribution in [0.5, 0.6) is 5.75 Å². The maximum Gasteiger partial charge on any atom is 0.251 e. The Kier molecular flexibility index (Phi) is 3.84. The minimum absolute atomic E-state index is 0.0932. The molecule has 4 nitrogen and oxygen atoms in total. The van der Waals surface area contributed by atoms with Gasteiger partial charge in [0.25, 0.3) is 5.91 Å². The molecular weight excluding hydrogens is 224 g/mol. The van der Waals surface area contributed by atoms with E-state index in [1.807, 2.05) is 0 Å². The van der Waals surface area contributed by atoms with Crippen LogP contribution in [0.15, 0.2) is 18.2 Å². The van der Waals surface area contributed by atoms with Crippen molar-refractivity contribution in [2.24, 2.45) is 5.73 Å². The third kappa shape index (κ3) is 2.93. The minimum atomic E-state index is -0.369. The molecule has 0 radical (unpaired) electrons. The summed E-state index contributed by atoms with van der Waals surface area (Å²) in [4.78, 5) is 11.9. The molecular formula is C11H14N2O2S. The summed E-state index contributed by atoms with van der Waals surface area (Å²) >= 11 is 4.75. The molecule has 0 saturated carbocycles. The third-order valence-corrected chi connectivity index (χ3v) is 2.60. The zero-order valence-corrected chi connectivity index (χ0v) is 9.97. The Balaban J connectivity index is 2.81. The second-order valence-corrected chi connectivity index (χ2v) is 4.07. The van der Waals surface area contributed by atoms with Gasteiger partial charge in [0, 0.05) is 5.56 Å². The van der Waals surface area contributed by atoms with Crippen molar-refractivity contribution in [2.45, 2.75) is 19.9 Å². The first-order valence-electron chi connectivity index (χ1n) is 4.81. The van der Waals surface area contributed by atoms with Crippen LogP contribution in [-0.2, 0) is 0 Å². The number of benzene rings is 1. The summed E-state index contributed by atoms with van der Waals surface area (Å²) in [5.41, 5.74) is 6.49. The van der Waals surface area contributed by atoms with Crippen LogP contribution in [0.2, 0.25) is 0 Å². The largest absolute Gasteiger partial charge is 0.508 e. The maximum atomic E-state index is 11.7. The first-order valence-corrected chi connectivity index (χ1v) is 5.22. The predicted molar refractivity (Wildman–Crippen MR) is 66.6 cm³/mol. The van der Waals surface area contributed by atoms with E-state index in [9.17, 15) is 9.90 Å². The number of phenols is 1. The van der Waals surface area contributed by atoms with E-state index in [0.29, 0.717) is 5.56 Å². The predicted octanol–water partition coefficient (Wildman–Crippen LogP) is 1.11. The molecule has 0 heterocycles. The highest BCUT2D eigenvalue weighted by atomic mass is 32.1. The van der Waals surface area contributed by atoms with Crippen LogP contribution >= 0.6 is 12.2 Å². The number of thiocarbonyl (C=S) groups is 1. The molecule has 0 bridgehead atoms. The highest BCUT2D eigenvalue weighted by molar-refractivity contribution is 7.80. The van der Waals surface area contributed by atoms with Gasteiger partial charge in [-0.05, 0) is 31.5 Å². The number of amides is 1. The first kappa shape index (κ1) is 12.4. The van der Waals surface area contributed by atoms with Crippen molar-refractivity contribution in [3.05, 3.63) is 29.3 Å². The van der Waals surface area contributed by atoms with Gasteiger partial charge in [-0.25, -0.2) is 0 Å². The summed E-state index contributed by atoms with van der Waals surface area (Å²) in [7, 11) is 0. The van der Waals surface area contributed by atoms with Gasteiger partial charge in [-0.2, -0.15) is 0 Å². The van der Waals surface area contributed by atoms with E-state index in [2.05, 4.69) is 5.32 Å². The Morgan fingerprint density at radius 2 is 2.19 bits per heavy atom. The Hall–Kier alpha value is -1.62. The van der Waals surface area contributed by atoms with Gasteiger partial charge >= 0.3 is 0 Å². The molecule has 5 heteroatoms. The van der Waals surface area contributed by atoms with Gasteiger partial charge in [-0.1, -0.05) is 18.3 Å². The van der Waals surface area contributed by atoms with Gasteiger partial charge in [-0.15, -0.1) is 0 Å². The number of carbonyl (C=O) groups excluding carboxylic acids is 1. The van der Waals surface area contributed by atoms with Crippen molar-refractivity contribution < 1.29 is 9.90 Å². The molecule has 4 N–H and O–H groups in total. The molecule has 0 spiro atoms. The molecule has 0 aliphatic rings. The first-order chi connectivity index (χ1) is 7.41. The van der Waals surface area contributed by atoms with E-state index in [1.165, 1.54) is 6.07 Å². The van der Waals surface area contributed by atoms with Crippen molar-refractivity contribution >= 4 is 23.1 Å². The fourth-order valence-electron chi connectivity index (χ4n) is 1.10. The highest BCUT2D eigenvalue weighted by Crippen LogP contribution is 2.17. The van der Waals surface area contributed by atoms with Gasteiger partial charge < -0.3 is 16.2 Å². The lowest BCUT2D eigenvalue weighted by molar-refractivity contribution is 0.0949. The summed E-state index contributed by atoms with van der Waals surface area (Å²) in [5, 5.41) is 12.1. The van der Waals surface area contributed by atoms with Gasteiger partial charge in [0.1, 0.15) is 5.75 Å². The van der Waals surface area contributed by atoms with Crippen LogP contribution in [0, 0.1) is 6.92 Å². The Morgan fingerprint density at radius 1 is 1.56 bits per heavy atom. The van der Waals surface area contributed by atoms with Gasteiger partial charge in [0.05, 0.1) is 11.0 Å². The lowest BCUT2D eigenvalue weighted by Crippen LogP contribution is -2.41. The molecule has 86 valence electrons. The molecule has 0 fully saturated rings. The standard InChI is InChI=1S/C11H14N2O2S/c1-6-3-4-8(5-9(6)14)11(15)13-7(2)10(12)16/h3-5,7,14H,1-2H3,(H2,12,16)(H,13,15). The smallest absolute Gasteiger partial charge is 0.251 e. The molecule has 1 aromatic rings. The minimum Gasteiger partial charge on any atom is -0.508 e. The van der Waals surface area contributed by atoms with Crippen LogP contribution in [0.3, 0.4) is 0 Å². The fourth-order valence-corrected chi connectivity index (χ4v) is 1.16. The monoisotopic (exact) mass is 238 g/mol. The van der Waals surface area contributed by atoms with E-state index in [-0.39, 0.29) is 22.7 Å². The Morgan fingerprint density at radius 3 is 2.69 bits per heavy atom. The number of nitrogens with two attached hydrogens (primary N) is 1. The number of rotatable bonds is 3. The molecule has 0 saturated heterocycles. The molecule has 1 atom stereocenters. The topological polar surface area (TPSA) is 75.4 Å². The molecule has 0 aliphatic carbocycles. The highest BCUT2D eigenvalue weighted by Gasteiger charge is 2.12. The summed E-state index contributed by atoms with van der Waals surface area (Å²) in [6, 6.07) is 4.36. The summed E-state index contributed by atoms with van der Waals surface area (Å²) < 4.78 is 0. The second-order valence-electron chi connectivity index (χ2n) is 3.60. The average molecular weight is 238 g/mol. The van der Waals surface area contributed by atoms with Crippen LogP contribution in [-0.4, -0.2) is 22.0 Å². The van der Waals surface area contributed by atoms with Gasteiger partial charge in [0.15, 0.2) is 0 Å². The number of hydrogen-bond donors (Lipinski definition) is 3. The van der Waals surface area contributed by atoms with Crippen LogP contribution in [0.4, 0.5) is 0 Å². The van der Waals surface area contributed by atoms with E-state index in [4.69, 9.17) is 18.0 Å². The molecule has 1 amide bonds. The van der Waals surface area contributed by atoms with Gasteiger partial charge in [0.2, 0.25) is 0 Å². The Bertz CT molecular complexity index is 432. The summed E-state index contributed by atoms with van der Waals surface area (Å²) in [6.45, 7) is 3.46. The van der Waals surface area contributed by atoms with Crippen molar-refractivity contribution in [3.8, 4) is 5.75 Å². The van der Waals surface area contributed by atoms with Crippen molar-refractivity contribution in [1.82, 2.24) is 5.32 Å². The number of nitrogens with one attached hydrogen (secondary N) is 1. The quantitative estimate of drug-likeness (QED) is 0.689. The molecule has 1 rings (SSSR count). The van der Waals surface area contributed by atoms with E-state index < -0.39 is 0 Å². The summed E-state index contributed by atoms with van der Waals surface area (Å²) in [6.07, 6.45) is 0. The maximum absolute atomic E-state index is 11.7. The zero-order valence-electron chi connectivity index (χ0n) is 9.15. The Labute approximate surface area is 99.5 Å². The fraction of sp³-hybridized carbons (Fsp3) is 0.273. The SMILES string of the molecule is Cc1ccc(C(=O)NC(C)C(N)=S)cc1O. The van der Waals surface area contributed by atoms with Crippen LogP contribution in [0.25, 0.3) is 0 Å². The number of phenolic OH excluding ortho intramolecular Hbond substituents is 1. The average Bonchev–Trinajstić information content (AvgIpc) is 2.21. The molecule has 1 aromatic carbocycles. The van der Waals surface area contributed by atoms with Crippen molar-refractivity contribution in [3.63, 3.8) is 0 Å². The number of aromatic hydroxyl groups is 1. The zero-order chi connectivity index (χ0) is 12.3. The van der Waals surface area contributed by atoms with Crippen LogP contribution in [0.1, 0.15) is 22.8 Å². The lowest BCUT2D eigenvalue weighted by Gasteiger charge is -2.12. The molecule has 1 unspecified atom stereocenters. The normalized spacial score (nSPS) is 11.9. The van der Waals surface area contributed by atoms with Crippen molar-refractivity contribution in [2.75, 3.05) is 0 Å². The number of aryl methyl sites for hydroxylation is 1. The molecule has 16 heavy (non-hydrogen) atoms. The summed E-state index contributed by atoms with van der Waals surface area (Å²) in [5.74, 6) is -0.216. The number of hydrogen-bond acceptors (Lipinski definition) is 3. The molecule has 0 aliphatic heterocycles. The third-order valence-electron chi connectivity index (χ3n) is 2.25. The second kappa shape index (κ2) is 4.94.